The Morgan fingerprint density at radius 2 is 1.64 bits per heavy atom. The van der Waals surface area contributed by atoms with Crippen molar-refractivity contribution in [3.63, 3.8) is 0 Å². The maximum Gasteiger partial charge on any atom is 0.417 e. The van der Waals surface area contributed by atoms with Crippen LogP contribution in [0.15, 0.2) is 90.4 Å². The summed E-state index contributed by atoms with van der Waals surface area (Å²) in [6.07, 6.45) is -2.48. The summed E-state index contributed by atoms with van der Waals surface area (Å²) in [5, 5.41) is 14.9. The highest BCUT2D eigenvalue weighted by molar-refractivity contribution is 7.81. The average Bonchev–Trinajstić information content (AvgIpc) is 4.05. The minimum absolute atomic E-state index is 0.0470. The molecule has 19 heteroatoms. The number of ether oxygens (including phenoxy) is 2. The molecular weight excluding hydrogens is 971 g/mol. The van der Waals surface area contributed by atoms with Gasteiger partial charge < -0.3 is 29.9 Å². The Balaban J connectivity index is 0.845. The fraction of sp³-hybridized carbons (Fsp3) is 0.377. The van der Waals surface area contributed by atoms with E-state index in [0.717, 1.165) is 32.7 Å². The van der Waals surface area contributed by atoms with Gasteiger partial charge in [0.2, 0.25) is 17.7 Å². The second-order valence-electron chi connectivity index (χ2n) is 19.2. The van der Waals surface area contributed by atoms with Crippen molar-refractivity contribution in [1.29, 1.82) is 5.26 Å². The molecule has 4 amide bonds. The third-order valence-electron chi connectivity index (χ3n) is 12.6. The number of alkyl halides is 3. The molecule has 2 fully saturated rings. The van der Waals surface area contributed by atoms with E-state index >= 15 is 4.39 Å². The molecule has 2 atom stereocenters. The van der Waals surface area contributed by atoms with Crippen molar-refractivity contribution in [3.05, 3.63) is 119 Å². The van der Waals surface area contributed by atoms with Crippen LogP contribution in [0.2, 0.25) is 0 Å². The number of rotatable bonds is 17. The second-order valence-corrected chi connectivity index (χ2v) is 20.4. The Hall–Kier alpha value is -6.75. The first kappa shape index (κ1) is 53.1. The van der Waals surface area contributed by atoms with Crippen LogP contribution in [-0.4, -0.2) is 82.6 Å². The molecule has 72 heavy (non-hydrogen) atoms. The van der Waals surface area contributed by atoms with Crippen molar-refractivity contribution in [2.75, 3.05) is 36.2 Å². The lowest BCUT2D eigenvalue weighted by Crippen LogP contribution is -2.58. The van der Waals surface area contributed by atoms with Gasteiger partial charge in [-0.1, -0.05) is 63.2 Å². The van der Waals surface area contributed by atoms with Crippen molar-refractivity contribution in [2.24, 2.45) is 5.41 Å². The molecule has 7 rings (SSSR count). The van der Waals surface area contributed by atoms with E-state index in [2.05, 4.69) is 15.6 Å². The Bertz CT molecular complexity index is 2880. The highest BCUT2D eigenvalue weighted by atomic mass is 32.1. The van der Waals surface area contributed by atoms with Crippen LogP contribution in [0.5, 0.6) is 5.75 Å². The fourth-order valence-corrected chi connectivity index (χ4v) is 10.0. The smallest absolute Gasteiger partial charge is 0.417 e. The van der Waals surface area contributed by atoms with Gasteiger partial charge in [0.15, 0.2) is 5.11 Å². The van der Waals surface area contributed by atoms with Crippen LogP contribution >= 0.6 is 23.6 Å². The SMILES string of the molecule is Cc1ncsc1-c1ccc(CNC(=O)[C@@H]2CCCN2C(=O)C(NC(=O)COCCCCOc2ccc(-c3ccc(N4C(=S)N(c5ccc(C#N)c(C(F)(F)F)c5)C(=O)C4(C)C)c(F)c3)cc2)C(C)(C)C)cc1. The number of hydrogen-bond acceptors (Lipinski definition) is 10. The van der Waals surface area contributed by atoms with Crippen LogP contribution in [0.3, 0.4) is 0 Å². The molecule has 0 aliphatic carbocycles. The zero-order chi connectivity index (χ0) is 52.1. The van der Waals surface area contributed by atoms with Gasteiger partial charge >= 0.3 is 6.18 Å². The summed E-state index contributed by atoms with van der Waals surface area (Å²) in [6, 6.07) is 22.1. The predicted molar refractivity (Wildman–Crippen MR) is 270 cm³/mol. The summed E-state index contributed by atoms with van der Waals surface area (Å²) in [5.41, 5.74) is 1.75. The Morgan fingerprint density at radius 1 is 0.958 bits per heavy atom. The van der Waals surface area contributed by atoms with E-state index in [0.29, 0.717) is 68.3 Å². The van der Waals surface area contributed by atoms with Crippen LogP contribution in [0.25, 0.3) is 21.6 Å². The first-order chi connectivity index (χ1) is 34.1. The van der Waals surface area contributed by atoms with Crippen LogP contribution in [-0.2, 0) is 36.6 Å². The number of halogens is 4. The van der Waals surface area contributed by atoms with Gasteiger partial charge in [-0.25, -0.2) is 9.37 Å². The highest BCUT2D eigenvalue weighted by Gasteiger charge is 2.51. The molecule has 13 nitrogen and oxygen atoms in total. The van der Waals surface area contributed by atoms with E-state index in [-0.39, 0.29) is 41.5 Å². The second kappa shape index (κ2) is 21.9. The minimum Gasteiger partial charge on any atom is -0.494 e. The Kier molecular flexibility index (Phi) is 16.2. The number of anilines is 2. The molecule has 378 valence electrons. The molecule has 0 bridgehead atoms. The van der Waals surface area contributed by atoms with Gasteiger partial charge in [0, 0.05) is 19.7 Å². The van der Waals surface area contributed by atoms with Gasteiger partial charge in [-0.15, -0.1) is 11.3 Å². The summed E-state index contributed by atoms with van der Waals surface area (Å²) >= 11 is 7.14. The summed E-state index contributed by atoms with van der Waals surface area (Å²) in [6.45, 7) is 11.6. The molecule has 0 radical (unpaired) electrons. The lowest BCUT2D eigenvalue weighted by Gasteiger charge is -2.35. The summed E-state index contributed by atoms with van der Waals surface area (Å²) in [4.78, 5) is 63.2. The van der Waals surface area contributed by atoms with Crippen LogP contribution in [0, 0.1) is 29.5 Å². The standard InChI is InChI=1S/C53H55F4N7O6S2/c1-32-45(72-31-60-32)35-13-11-33(12-14-35)29-59-47(66)43-10-9-23-62(43)48(67)46(51(2,3)4)61-44(65)30-69-24-7-8-25-70-39-20-16-34(17-21-39)36-18-22-42(41(54)26-36)64-50(71)63(49(68)52(64,5)6)38-19-15-37(28-58)40(27-38)53(55,56)57/h11-22,26-27,31,43,46H,7-10,23-25,29-30H2,1-6H3,(H,59,66)(H,61,65)/t43-,46?/m0/s1. The topological polar surface area (TPSA) is 157 Å². The number of aromatic nitrogens is 1. The molecule has 1 aromatic heterocycles. The number of thiazole rings is 1. The Morgan fingerprint density at radius 3 is 2.28 bits per heavy atom. The number of aryl methyl sites for hydroxylation is 1. The van der Waals surface area contributed by atoms with Crippen molar-refractivity contribution in [1.82, 2.24) is 20.5 Å². The molecule has 5 aromatic rings. The number of carbonyl (C=O) groups is 4. The van der Waals surface area contributed by atoms with Crippen molar-refractivity contribution in [3.8, 4) is 33.4 Å². The monoisotopic (exact) mass is 1030 g/mol. The van der Waals surface area contributed by atoms with E-state index in [4.69, 9.17) is 21.7 Å². The number of unbranched alkanes of at least 4 members (excludes halogenated alkanes) is 1. The molecule has 0 saturated carbocycles. The predicted octanol–water partition coefficient (Wildman–Crippen LogP) is 9.75. The number of amides is 4. The zero-order valence-corrected chi connectivity index (χ0v) is 42.3. The highest BCUT2D eigenvalue weighted by Crippen LogP contribution is 2.41. The van der Waals surface area contributed by atoms with Crippen LogP contribution in [0.1, 0.15) is 82.7 Å². The van der Waals surface area contributed by atoms with E-state index in [1.807, 2.05) is 57.5 Å². The summed E-state index contributed by atoms with van der Waals surface area (Å²) < 4.78 is 68.8. The summed E-state index contributed by atoms with van der Waals surface area (Å²) in [5.74, 6) is -1.82. The number of hydrogen-bond donors (Lipinski definition) is 2. The molecule has 2 N–H and O–H groups in total. The average molecular weight is 1030 g/mol. The molecule has 4 aromatic carbocycles. The summed E-state index contributed by atoms with van der Waals surface area (Å²) in [7, 11) is 0. The number of carbonyl (C=O) groups excluding carboxylic acids is 4. The largest absolute Gasteiger partial charge is 0.494 e. The van der Waals surface area contributed by atoms with E-state index < -0.39 is 58.0 Å². The first-order valence-electron chi connectivity index (χ1n) is 23.4. The lowest BCUT2D eigenvalue weighted by molar-refractivity contribution is -0.144. The van der Waals surface area contributed by atoms with Gasteiger partial charge in [-0.3, -0.25) is 24.1 Å². The maximum absolute atomic E-state index is 15.9. The molecule has 2 saturated heterocycles. The number of nitriles is 1. The van der Waals surface area contributed by atoms with Gasteiger partial charge in [-0.2, -0.15) is 18.4 Å². The van der Waals surface area contributed by atoms with Gasteiger partial charge in [-0.05, 0) is 129 Å². The number of benzene rings is 4. The van der Waals surface area contributed by atoms with Gasteiger partial charge in [0.05, 0.1) is 51.3 Å². The van der Waals surface area contributed by atoms with Gasteiger partial charge in [0.1, 0.15) is 35.8 Å². The van der Waals surface area contributed by atoms with Crippen LogP contribution < -0.4 is 25.2 Å². The molecule has 2 aliphatic rings. The number of thiocarbonyl (C=S) groups is 1. The maximum atomic E-state index is 15.9. The molecule has 2 aliphatic heterocycles. The molecule has 1 unspecified atom stereocenters. The van der Waals surface area contributed by atoms with Crippen molar-refractivity contribution >= 4 is 63.7 Å². The van der Waals surface area contributed by atoms with E-state index in [1.54, 1.807) is 46.6 Å². The molecule has 0 spiro atoms. The normalized spacial score (nSPS) is 16.2. The number of nitrogens with zero attached hydrogens (tertiary/aromatic N) is 5. The Labute approximate surface area is 425 Å². The van der Waals surface area contributed by atoms with Crippen LogP contribution in [0.4, 0.5) is 28.9 Å². The number of nitrogens with one attached hydrogen (secondary N) is 2. The quantitative estimate of drug-likeness (QED) is 0.0522. The van der Waals surface area contributed by atoms with Crippen molar-refractivity contribution in [2.45, 2.75) is 97.6 Å². The third kappa shape index (κ3) is 11.8. The zero-order valence-electron chi connectivity index (χ0n) is 40.7. The van der Waals surface area contributed by atoms with Gasteiger partial charge in [0.25, 0.3) is 5.91 Å². The van der Waals surface area contributed by atoms with E-state index in [9.17, 15) is 37.6 Å². The van der Waals surface area contributed by atoms with E-state index in [1.165, 1.54) is 43.0 Å². The minimum atomic E-state index is -4.86. The fourth-order valence-electron chi connectivity index (χ4n) is 8.68. The first-order valence-corrected chi connectivity index (χ1v) is 24.7. The lowest BCUT2D eigenvalue weighted by atomic mass is 9.85. The molecular formula is C53H55F4N7O6S2. The number of likely N-dealkylation sites (tertiary alicyclic amines) is 1. The van der Waals surface area contributed by atoms with Crippen molar-refractivity contribution < 1.29 is 46.2 Å². The molecule has 3 heterocycles. The third-order valence-corrected chi connectivity index (χ3v) is 13.9.